The number of fused-ring (bicyclic) bond motifs is 3. The van der Waals surface area contributed by atoms with E-state index in [1.807, 2.05) is 24.6 Å². The SMILES string of the molecule is C=N/C(=C(F)\C=C/C)[C@H](C1CCOCC1)n1c2cc(-c3c(C)nnn3C)cnc2c2n[nH]c(C(C)(C)O)c21. The average Bonchev–Trinajstić information content (AvgIpc) is 3.55. The normalized spacial score (nSPS) is 17.0. The minimum Gasteiger partial charge on any atom is -0.384 e. The van der Waals surface area contributed by atoms with Gasteiger partial charge in [-0.25, -0.2) is 9.07 Å². The molecule has 11 heteroatoms. The van der Waals surface area contributed by atoms with Crippen LogP contribution in [0.1, 0.15) is 51.0 Å². The molecule has 0 spiro atoms. The highest BCUT2D eigenvalue weighted by Crippen LogP contribution is 2.44. The van der Waals surface area contributed by atoms with Crippen LogP contribution in [-0.2, 0) is 17.4 Å². The van der Waals surface area contributed by atoms with Crippen LogP contribution in [0, 0.1) is 12.8 Å². The molecule has 0 bridgehead atoms. The molecule has 2 N–H and O–H groups in total. The second-order valence-corrected chi connectivity index (χ2v) is 10.2. The van der Waals surface area contributed by atoms with Crippen LogP contribution in [0.3, 0.4) is 0 Å². The molecule has 200 valence electrons. The third-order valence-corrected chi connectivity index (χ3v) is 7.21. The van der Waals surface area contributed by atoms with E-state index in [4.69, 9.17) is 9.72 Å². The molecule has 10 nitrogen and oxygen atoms in total. The molecule has 4 aromatic heterocycles. The van der Waals surface area contributed by atoms with Crippen LogP contribution in [0.25, 0.3) is 33.3 Å². The summed E-state index contributed by atoms with van der Waals surface area (Å²) in [6.45, 7) is 11.9. The van der Waals surface area contributed by atoms with Crippen molar-refractivity contribution in [3.8, 4) is 11.3 Å². The van der Waals surface area contributed by atoms with Crippen molar-refractivity contribution in [3.05, 3.63) is 47.3 Å². The number of aromatic amines is 1. The lowest BCUT2D eigenvalue weighted by atomic mass is 9.88. The number of allylic oxidation sites excluding steroid dienone is 4. The molecule has 0 aromatic carbocycles. The van der Waals surface area contributed by atoms with Gasteiger partial charge in [0.2, 0.25) is 0 Å². The fourth-order valence-electron chi connectivity index (χ4n) is 5.51. The predicted octanol–water partition coefficient (Wildman–Crippen LogP) is 4.67. The number of pyridine rings is 1. The Morgan fingerprint density at radius 2 is 2.08 bits per heavy atom. The highest BCUT2D eigenvalue weighted by molar-refractivity contribution is 6.05. The molecule has 0 amide bonds. The fourth-order valence-corrected chi connectivity index (χ4v) is 5.51. The Bertz CT molecular complexity index is 1540. The van der Waals surface area contributed by atoms with E-state index < -0.39 is 17.5 Å². The Morgan fingerprint density at radius 1 is 1.34 bits per heavy atom. The lowest BCUT2D eigenvalue weighted by Crippen LogP contribution is -2.28. The van der Waals surface area contributed by atoms with Gasteiger partial charge in [-0.15, -0.1) is 5.10 Å². The molecule has 0 saturated carbocycles. The van der Waals surface area contributed by atoms with Crippen LogP contribution in [0.4, 0.5) is 4.39 Å². The molecule has 5 heterocycles. The number of hydrogen-bond donors (Lipinski definition) is 2. The number of nitrogens with one attached hydrogen (secondary N) is 1. The number of aliphatic imine (C=N–C) groups is 1. The van der Waals surface area contributed by atoms with Gasteiger partial charge in [-0.1, -0.05) is 11.3 Å². The Kier molecular flexibility index (Phi) is 6.74. The van der Waals surface area contributed by atoms with Crippen molar-refractivity contribution in [1.29, 1.82) is 0 Å². The summed E-state index contributed by atoms with van der Waals surface area (Å²) in [4.78, 5) is 9.04. The highest BCUT2D eigenvalue weighted by atomic mass is 19.1. The quantitative estimate of drug-likeness (QED) is 0.270. The van der Waals surface area contributed by atoms with E-state index in [2.05, 4.69) is 32.2 Å². The molecule has 1 aliphatic heterocycles. The molecule has 5 rings (SSSR count). The Hall–Kier alpha value is -3.70. The minimum atomic E-state index is -1.25. The molecule has 0 radical (unpaired) electrons. The maximum atomic E-state index is 15.6. The summed E-state index contributed by atoms with van der Waals surface area (Å²) in [6.07, 6.45) is 6.23. The smallest absolute Gasteiger partial charge is 0.146 e. The van der Waals surface area contributed by atoms with Gasteiger partial charge in [-0.05, 0) is 65.3 Å². The van der Waals surface area contributed by atoms with Crippen LogP contribution in [-0.4, -0.2) is 59.8 Å². The van der Waals surface area contributed by atoms with Crippen molar-refractivity contribution in [1.82, 2.24) is 34.7 Å². The lowest BCUT2D eigenvalue weighted by molar-refractivity contribution is 0.0538. The molecule has 0 unspecified atom stereocenters. The Morgan fingerprint density at radius 3 is 2.68 bits per heavy atom. The molecular weight excluding hydrogens is 487 g/mol. The minimum absolute atomic E-state index is 0.00706. The number of halogens is 1. The van der Waals surface area contributed by atoms with Crippen molar-refractivity contribution in [2.75, 3.05) is 13.2 Å². The van der Waals surface area contributed by atoms with Gasteiger partial charge in [-0.2, -0.15) is 5.10 Å². The summed E-state index contributed by atoms with van der Waals surface area (Å²) < 4.78 is 25.0. The lowest BCUT2D eigenvalue weighted by Gasteiger charge is -2.33. The third-order valence-electron chi connectivity index (χ3n) is 7.21. The summed E-state index contributed by atoms with van der Waals surface area (Å²) >= 11 is 0. The first-order valence-electron chi connectivity index (χ1n) is 12.7. The zero-order valence-electron chi connectivity index (χ0n) is 22.4. The monoisotopic (exact) mass is 520 g/mol. The van der Waals surface area contributed by atoms with Crippen molar-refractivity contribution < 1.29 is 14.2 Å². The summed E-state index contributed by atoms with van der Waals surface area (Å²) in [7, 11) is 1.83. The zero-order chi connectivity index (χ0) is 27.2. The summed E-state index contributed by atoms with van der Waals surface area (Å²) in [5.74, 6) is -0.467. The van der Waals surface area contributed by atoms with Crippen LogP contribution in [0.15, 0.2) is 40.9 Å². The summed E-state index contributed by atoms with van der Waals surface area (Å²) in [6, 6.07) is 1.46. The van der Waals surface area contributed by atoms with Crippen molar-refractivity contribution >= 4 is 28.8 Å². The van der Waals surface area contributed by atoms with E-state index in [1.54, 1.807) is 37.7 Å². The standard InChI is InChI=1S/C27H33FN8O2/c1-7-8-18(28)20(29-5)24(16-9-11-38-12-10-16)36-19-13-17(23-15(2)31-34-35(23)6)14-30-21(19)22-25(36)26(33-32-22)27(3,4)37/h7-8,13-14,16,24,37H,5,9-12H2,1-4,6H3,(H,32,33)/b8-7-,20-18+/t24-/m0/s1. The highest BCUT2D eigenvalue weighted by Gasteiger charge is 2.36. The van der Waals surface area contributed by atoms with E-state index >= 15 is 4.39 Å². The fraction of sp³-hybridized carbons (Fsp3) is 0.444. The molecular formula is C27H33FN8O2. The van der Waals surface area contributed by atoms with Gasteiger partial charge in [0.25, 0.3) is 0 Å². The van der Waals surface area contributed by atoms with Crippen molar-refractivity contribution in [3.63, 3.8) is 0 Å². The number of aryl methyl sites for hydroxylation is 2. The molecule has 1 saturated heterocycles. The average molecular weight is 521 g/mol. The second kappa shape index (κ2) is 9.88. The Labute approximate surface area is 219 Å². The zero-order valence-corrected chi connectivity index (χ0v) is 22.4. The van der Waals surface area contributed by atoms with Crippen molar-refractivity contribution in [2.45, 2.75) is 52.2 Å². The first-order chi connectivity index (χ1) is 18.2. The maximum absolute atomic E-state index is 15.6. The van der Waals surface area contributed by atoms with E-state index in [0.717, 1.165) is 22.5 Å². The van der Waals surface area contributed by atoms with Gasteiger partial charge >= 0.3 is 0 Å². The van der Waals surface area contributed by atoms with Crippen molar-refractivity contribution in [2.24, 2.45) is 18.0 Å². The maximum Gasteiger partial charge on any atom is 0.146 e. The van der Waals surface area contributed by atoms with E-state index in [9.17, 15) is 5.11 Å². The number of ether oxygens (including phenoxy) is 1. The first kappa shape index (κ1) is 25.9. The molecule has 0 aliphatic carbocycles. The molecule has 4 aromatic rings. The van der Waals surface area contributed by atoms with Gasteiger partial charge in [0.1, 0.15) is 22.5 Å². The molecule has 1 fully saturated rings. The van der Waals surface area contributed by atoms with Gasteiger partial charge in [0.15, 0.2) is 0 Å². The van der Waals surface area contributed by atoms with Gasteiger partial charge < -0.3 is 14.4 Å². The number of H-pyrrole nitrogens is 1. The molecule has 38 heavy (non-hydrogen) atoms. The Balaban J connectivity index is 1.91. The van der Waals surface area contributed by atoms with E-state index in [-0.39, 0.29) is 11.6 Å². The second-order valence-electron chi connectivity index (χ2n) is 10.2. The number of rotatable bonds is 7. The predicted molar refractivity (Wildman–Crippen MR) is 144 cm³/mol. The molecule has 1 atom stereocenters. The number of hydrogen-bond acceptors (Lipinski definition) is 7. The topological polar surface area (TPSA) is 119 Å². The van der Waals surface area contributed by atoms with Gasteiger partial charge in [0.05, 0.1) is 39.9 Å². The van der Waals surface area contributed by atoms with Crippen LogP contribution >= 0.6 is 0 Å². The van der Waals surface area contributed by atoms with E-state index in [1.165, 1.54) is 6.08 Å². The van der Waals surface area contributed by atoms with E-state index in [0.29, 0.717) is 48.3 Å². The van der Waals surface area contributed by atoms with Gasteiger partial charge in [0, 0.05) is 32.0 Å². The number of aromatic nitrogens is 7. The van der Waals surface area contributed by atoms with Gasteiger partial charge in [-0.3, -0.25) is 15.1 Å². The first-order valence-corrected chi connectivity index (χ1v) is 12.7. The summed E-state index contributed by atoms with van der Waals surface area (Å²) in [5.41, 5.74) is 4.52. The largest absolute Gasteiger partial charge is 0.384 e. The van der Waals surface area contributed by atoms with Crippen LogP contribution in [0.5, 0.6) is 0 Å². The number of nitrogens with zero attached hydrogens (tertiary/aromatic N) is 7. The molecule has 1 aliphatic rings. The van der Waals surface area contributed by atoms with Crippen LogP contribution in [0.2, 0.25) is 0 Å². The third kappa shape index (κ3) is 4.25. The van der Waals surface area contributed by atoms with Crippen LogP contribution < -0.4 is 0 Å². The number of aliphatic hydroxyl groups is 1. The summed E-state index contributed by atoms with van der Waals surface area (Å²) in [5, 5.41) is 27.0.